The minimum absolute atomic E-state index is 0.352. The first-order chi connectivity index (χ1) is 21.3. The Bertz CT molecular complexity index is 2340. The zero-order valence-corrected chi connectivity index (χ0v) is 23.2. The van der Waals surface area contributed by atoms with E-state index in [4.69, 9.17) is 14.4 Å². The highest BCUT2D eigenvalue weighted by Gasteiger charge is 2.26. The average molecular weight is 555 g/mol. The highest BCUT2D eigenvalue weighted by Crippen LogP contribution is 2.38. The van der Waals surface area contributed by atoms with Crippen LogP contribution in [0, 0.1) is 0 Å². The Kier molecular flexibility index (Phi) is 5.26. The first kappa shape index (κ1) is 24.0. The van der Waals surface area contributed by atoms with Crippen molar-refractivity contribution in [3.05, 3.63) is 144 Å². The zero-order chi connectivity index (χ0) is 28.3. The van der Waals surface area contributed by atoms with Crippen LogP contribution in [0.2, 0.25) is 0 Å². The maximum Gasteiger partial charge on any atom is 0.201 e. The first-order valence-electron chi connectivity index (χ1n) is 14.6. The van der Waals surface area contributed by atoms with Crippen LogP contribution in [0.5, 0.6) is 0 Å². The summed E-state index contributed by atoms with van der Waals surface area (Å²) in [5.74, 6) is 2.26. The molecule has 2 aliphatic rings. The lowest BCUT2D eigenvalue weighted by atomic mass is 9.95. The van der Waals surface area contributed by atoms with Crippen LogP contribution in [0.1, 0.15) is 28.4 Å². The lowest BCUT2D eigenvalue weighted by Crippen LogP contribution is -2.33. The quantitative estimate of drug-likeness (QED) is 0.215. The minimum atomic E-state index is -0.352. The van der Waals surface area contributed by atoms with E-state index in [-0.39, 0.29) is 6.17 Å². The van der Waals surface area contributed by atoms with E-state index in [2.05, 4.69) is 126 Å². The Labute approximate surface area is 247 Å². The third kappa shape index (κ3) is 3.86. The third-order valence-corrected chi connectivity index (χ3v) is 8.52. The van der Waals surface area contributed by atoms with E-state index in [1.54, 1.807) is 0 Å². The maximum absolute atomic E-state index is 6.22. The van der Waals surface area contributed by atoms with E-state index in [9.17, 15) is 0 Å². The van der Waals surface area contributed by atoms with Gasteiger partial charge in [-0.25, -0.2) is 9.98 Å². The van der Waals surface area contributed by atoms with E-state index in [1.807, 2.05) is 12.1 Å². The molecule has 0 saturated heterocycles. The lowest BCUT2D eigenvalue weighted by Gasteiger charge is -2.25. The Morgan fingerprint density at radius 3 is 2.40 bits per heavy atom. The number of amidine groups is 2. The van der Waals surface area contributed by atoms with Gasteiger partial charge in [-0.15, -0.1) is 0 Å². The van der Waals surface area contributed by atoms with Gasteiger partial charge in [0.2, 0.25) is 5.88 Å². The van der Waals surface area contributed by atoms with Gasteiger partial charge in [0.15, 0.2) is 5.84 Å². The number of nitrogens with zero attached hydrogens (tertiary/aromatic N) is 2. The van der Waals surface area contributed by atoms with Gasteiger partial charge in [0, 0.05) is 34.2 Å². The van der Waals surface area contributed by atoms with Gasteiger partial charge < -0.3 is 15.1 Å². The normalized spacial score (nSPS) is 16.1. The molecule has 1 atom stereocenters. The fourth-order valence-corrected chi connectivity index (χ4v) is 6.50. The van der Waals surface area contributed by atoms with Gasteiger partial charge in [0.1, 0.15) is 17.6 Å². The highest BCUT2D eigenvalue weighted by molar-refractivity contribution is 6.19. The topological polar surface area (TPSA) is 61.9 Å². The van der Waals surface area contributed by atoms with Gasteiger partial charge in [-0.2, -0.15) is 0 Å². The largest absolute Gasteiger partial charge is 0.440 e. The molecule has 5 heteroatoms. The summed E-state index contributed by atoms with van der Waals surface area (Å²) in [7, 11) is 0. The SMILES string of the molecule is C1=Cc2c(oc3cccc(C4=NC(c5cc6ccccc6c6ccccc56)NC(c5ccc6ccccc6c5)=N4)c23)NC1. The number of aliphatic imine (C=N–C) groups is 2. The molecule has 0 fully saturated rings. The number of anilines is 1. The molecule has 0 aliphatic carbocycles. The molecule has 0 saturated carbocycles. The highest BCUT2D eigenvalue weighted by atomic mass is 16.3. The molecule has 1 aromatic heterocycles. The zero-order valence-electron chi connectivity index (χ0n) is 23.2. The van der Waals surface area contributed by atoms with Crippen LogP contribution in [-0.2, 0) is 0 Å². The van der Waals surface area contributed by atoms with Crippen molar-refractivity contribution < 1.29 is 4.42 Å². The van der Waals surface area contributed by atoms with E-state index < -0.39 is 0 Å². The van der Waals surface area contributed by atoms with Crippen LogP contribution in [0.4, 0.5) is 5.88 Å². The van der Waals surface area contributed by atoms with Gasteiger partial charge in [-0.3, -0.25) is 0 Å². The molecule has 3 heterocycles. The molecule has 2 N–H and O–H groups in total. The predicted molar refractivity (Wildman–Crippen MR) is 178 cm³/mol. The Morgan fingerprint density at radius 2 is 1.49 bits per heavy atom. The smallest absolute Gasteiger partial charge is 0.201 e. The summed E-state index contributed by atoms with van der Waals surface area (Å²) in [4.78, 5) is 10.5. The van der Waals surface area contributed by atoms with Crippen LogP contribution in [0.15, 0.2) is 136 Å². The Hall–Kier alpha value is -5.68. The molecule has 6 aromatic carbocycles. The molecule has 9 rings (SSSR count). The molecule has 1 unspecified atom stereocenters. The second-order valence-electron chi connectivity index (χ2n) is 11.1. The van der Waals surface area contributed by atoms with Crippen molar-refractivity contribution in [2.45, 2.75) is 6.17 Å². The Balaban J connectivity index is 1.29. The van der Waals surface area contributed by atoms with Crippen LogP contribution >= 0.6 is 0 Å². The standard InChI is InChI=1S/C38H26N4O/c1-2-10-24-21-26(19-18-23(24)9-1)35-40-36(30-15-7-17-33-34(30)31-16-8-20-39-38(31)43-33)42-37(41-35)32-22-25-11-3-4-12-27(25)28-13-5-6-14-29(28)32/h1-19,21-22,37,39H,20H2,(H,40,41,42). The van der Waals surface area contributed by atoms with Crippen molar-refractivity contribution in [2.24, 2.45) is 9.98 Å². The number of furan rings is 1. The maximum atomic E-state index is 6.22. The summed E-state index contributed by atoms with van der Waals surface area (Å²) in [5.41, 5.74) is 4.93. The van der Waals surface area contributed by atoms with E-state index in [0.29, 0.717) is 5.84 Å². The number of rotatable bonds is 3. The second-order valence-corrected chi connectivity index (χ2v) is 11.1. The molecular formula is C38H26N4O. The molecule has 5 nitrogen and oxygen atoms in total. The fraction of sp³-hybridized carbons (Fsp3) is 0.0526. The summed E-state index contributed by atoms with van der Waals surface area (Å²) in [6.45, 7) is 0.744. The predicted octanol–water partition coefficient (Wildman–Crippen LogP) is 8.83. The van der Waals surface area contributed by atoms with Crippen molar-refractivity contribution >= 4 is 66.9 Å². The molecule has 0 spiro atoms. The number of nitrogens with one attached hydrogen (secondary N) is 2. The molecule has 0 bridgehead atoms. The van der Waals surface area contributed by atoms with Crippen molar-refractivity contribution in [3.8, 4) is 0 Å². The number of hydrogen-bond donors (Lipinski definition) is 2. The number of fused-ring (bicyclic) bond motifs is 7. The molecule has 43 heavy (non-hydrogen) atoms. The van der Waals surface area contributed by atoms with Crippen molar-refractivity contribution in [2.75, 3.05) is 11.9 Å². The number of benzene rings is 6. The summed E-state index contributed by atoms with van der Waals surface area (Å²) < 4.78 is 6.22. The molecule has 2 aliphatic heterocycles. The van der Waals surface area contributed by atoms with Gasteiger partial charge in [-0.1, -0.05) is 109 Å². The monoisotopic (exact) mass is 554 g/mol. The minimum Gasteiger partial charge on any atom is -0.440 e. The molecular weight excluding hydrogens is 528 g/mol. The average Bonchev–Trinajstić information content (AvgIpc) is 3.46. The van der Waals surface area contributed by atoms with E-state index in [1.165, 1.54) is 32.3 Å². The van der Waals surface area contributed by atoms with Gasteiger partial charge in [0.25, 0.3) is 0 Å². The first-order valence-corrected chi connectivity index (χ1v) is 14.6. The summed E-state index contributed by atoms with van der Waals surface area (Å²) in [6, 6.07) is 40.5. The molecule has 204 valence electrons. The van der Waals surface area contributed by atoms with Gasteiger partial charge in [-0.05, 0) is 50.5 Å². The van der Waals surface area contributed by atoms with Gasteiger partial charge in [0.05, 0.1) is 0 Å². The second kappa shape index (κ2) is 9.43. The fourth-order valence-electron chi connectivity index (χ4n) is 6.50. The molecule has 0 radical (unpaired) electrons. The van der Waals surface area contributed by atoms with Crippen LogP contribution in [0.3, 0.4) is 0 Å². The summed E-state index contributed by atoms with van der Waals surface area (Å²) >= 11 is 0. The molecule has 7 aromatic rings. The lowest BCUT2D eigenvalue weighted by molar-refractivity contribution is 0.628. The van der Waals surface area contributed by atoms with Crippen LogP contribution in [-0.4, -0.2) is 18.2 Å². The van der Waals surface area contributed by atoms with Crippen molar-refractivity contribution in [1.82, 2.24) is 5.32 Å². The summed E-state index contributed by atoms with van der Waals surface area (Å²) in [5, 5.41) is 15.3. The van der Waals surface area contributed by atoms with Crippen molar-refractivity contribution in [1.29, 1.82) is 0 Å². The van der Waals surface area contributed by atoms with E-state index >= 15 is 0 Å². The van der Waals surface area contributed by atoms with Crippen LogP contribution in [0.25, 0.3) is 49.4 Å². The Morgan fingerprint density at radius 1 is 0.698 bits per heavy atom. The summed E-state index contributed by atoms with van der Waals surface area (Å²) in [6.07, 6.45) is 3.90. The van der Waals surface area contributed by atoms with Crippen molar-refractivity contribution in [3.63, 3.8) is 0 Å². The van der Waals surface area contributed by atoms with E-state index in [0.717, 1.165) is 51.5 Å². The number of hydrogen-bond acceptors (Lipinski definition) is 5. The van der Waals surface area contributed by atoms with Crippen LogP contribution < -0.4 is 10.6 Å². The third-order valence-electron chi connectivity index (χ3n) is 8.52. The molecule has 0 amide bonds. The van der Waals surface area contributed by atoms with Gasteiger partial charge >= 0.3 is 0 Å².